The van der Waals surface area contributed by atoms with Gasteiger partial charge in [-0.15, -0.1) is 0 Å². The van der Waals surface area contributed by atoms with Gasteiger partial charge in [0.1, 0.15) is 5.82 Å². The minimum Gasteiger partial charge on any atom is -0.333 e. The van der Waals surface area contributed by atoms with E-state index in [0.29, 0.717) is 0 Å². The zero-order chi connectivity index (χ0) is 15.8. The molecule has 2 bridgehead atoms. The van der Waals surface area contributed by atoms with Gasteiger partial charge in [-0.2, -0.15) is 0 Å². The third-order valence-electron chi connectivity index (χ3n) is 4.88. The Balaban J connectivity index is 1.45. The Morgan fingerprint density at radius 1 is 1.22 bits per heavy atom. The van der Waals surface area contributed by atoms with Gasteiger partial charge in [0.15, 0.2) is 0 Å². The highest BCUT2D eigenvalue weighted by Crippen LogP contribution is 2.27. The first kappa shape index (κ1) is 14.5. The summed E-state index contributed by atoms with van der Waals surface area (Å²) in [5, 5.41) is 3.12. The molecule has 2 saturated heterocycles. The molecule has 2 fully saturated rings. The van der Waals surface area contributed by atoms with Crippen LogP contribution in [0.5, 0.6) is 0 Å². The van der Waals surface area contributed by atoms with E-state index in [-0.39, 0.29) is 17.9 Å². The molecule has 3 atom stereocenters. The molecule has 0 aliphatic carbocycles. The molecule has 23 heavy (non-hydrogen) atoms. The summed E-state index contributed by atoms with van der Waals surface area (Å²) in [6, 6.07) is 8.36. The van der Waals surface area contributed by atoms with Crippen LogP contribution in [0, 0.1) is 11.7 Å². The number of piperidine rings is 1. The van der Waals surface area contributed by atoms with E-state index in [9.17, 15) is 9.18 Å². The second kappa shape index (κ2) is 5.81. The van der Waals surface area contributed by atoms with Crippen molar-refractivity contribution < 1.29 is 9.18 Å². The Morgan fingerprint density at radius 2 is 2.13 bits per heavy atom. The number of carbonyl (C=O) groups is 1. The molecule has 2 aromatic rings. The maximum Gasteiger partial charge on any atom is 0.325 e. The molecule has 0 saturated carbocycles. The number of amides is 1. The normalized spacial score (nSPS) is 26.2. The van der Waals surface area contributed by atoms with Gasteiger partial charge in [0.2, 0.25) is 0 Å². The fourth-order valence-corrected chi connectivity index (χ4v) is 3.78. The van der Waals surface area contributed by atoms with Crippen molar-refractivity contribution in [3.05, 3.63) is 48.5 Å². The van der Waals surface area contributed by atoms with E-state index in [2.05, 4.69) is 10.2 Å². The van der Waals surface area contributed by atoms with Crippen LogP contribution in [0.1, 0.15) is 12.8 Å². The van der Waals surface area contributed by atoms with E-state index >= 15 is 0 Å². The van der Waals surface area contributed by atoms with E-state index in [0.717, 1.165) is 36.6 Å². The van der Waals surface area contributed by atoms with Gasteiger partial charge in [0.25, 0.3) is 0 Å². The zero-order valence-corrected chi connectivity index (χ0v) is 12.9. The quantitative estimate of drug-likeness (QED) is 0.925. The van der Waals surface area contributed by atoms with E-state index < -0.39 is 0 Å². The minimum atomic E-state index is -0.272. The lowest BCUT2D eigenvalue weighted by Gasteiger charge is -2.30. The van der Waals surface area contributed by atoms with Gasteiger partial charge >= 0.3 is 6.03 Å². The second-order valence-electron chi connectivity index (χ2n) is 6.61. The van der Waals surface area contributed by atoms with E-state index in [4.69, 9.17) is 0 Å². The Labute approximate surface area is 134 Å². The molecule has 4 rings (SSSR count). The van der Waals surface area contributed by atoms with Gasteiger partial charge in [-0.1, -0.05) is 12.1 Å². The van der Waals surface area contributed by atoms with Crippen LogP contribution in [-0.2, 0) is 0 Å². The van der Waals surface area contributed by atoms with Gasteiger partial charge in [-0.05, 0) is 54.6 Å². The molecule has 120 valence electrons. The summed E-state index contributed by atoms with van der Waals surface area (Å²) >= 11 is 0. The molecular formula is C18H20FN3O. The molecule has 4 nitrogen and oxygen atoms in total. The number of fused-ring (bicyclic) bond motifs is 2. The number of carbonyl (C=O) groups excluding carboxylic acids is 1. The Bertz CT molecular complexity index is 715. The van der Waals surface area contributed by atoms with Crippen LogP contribution in [0.2, 0.25) is 0 Å². The number of benzene rings is 1. The fourth-order valence-electron chi connectivity index (χ4n) is 3.78. The lowest BCUT2D eigenvalue weighted by Crippen LogP contribution is -2.47. The third kappa shape index (κ3) is 3.01. The van der Waals surface area contributed by atoms with Crippen LogP contribution in [0.4, 0.5) is 9.18 Å². The lowest BCUT2D eigenvalue weighted by molar-refractivity contribution is 0.206. The average molecular weight is 313 g/mol. The number of rotatable bonds is 2. The number of halogens is 1. The molecule has 0 radical (unpaired) electrons. The van der Waals surface area contributed by atoms with Crippen LogP contribution in [0.15, 0.2) is 42.7 Å². The minimum absolute atomic E-state index is 0.111. The maximum atomic E-state index is 13.3. The summed E-state index contributed by atoms with van der Waals surface area (Å²) in [7, 11) is 0. The van der Waals surface area contributed by atoms with Gasteiger partial charge in [-0.25, -0.2) is 9.18 Å². The lowest BCUT2D eigenvalue weighted by atomic mass is 9.97. The van der Waals surface area contributed by atoms with Crippen molar-refractivity contribution in [2.75, 3.05) is 19.6 Å². The first-order valence-corrected chi connectivity index (χ1v) is 8.14. The summed E-state index contributed by atoms with van der Waals surface area (Å²) in [4.78, 5) is 14.8. The van der Waals surface area contributed by atoms with Crippen molar-refractivity contribution in [1.82, 2.24) is 14.8 Å². The van der Waals surface area contributed by atoms with Crippen LogP contribution < -0.4 is 5.32 Å². The SMILES string of the molecule is O=C(N[C@@H]1C[C@H]2CCN(C2)C1)n1ccc(-c2cccc(F)c2)c1. The first-order valence-electron chi connectivity index (χ1n) is 8.14. The highest BCUT2D eigenvalue weighted by Gasteiger charge is 2.32. The van der Waals surface area contributed by atoms with E-state index in [1.807, 2.05) is 12.1 Å². The molecule has 5 heteroatoms. The summed E-state index contributed by atoms with van der Waals surface area (Å²) in [5.74, 6) is 0.452. The monoisotopic (exact) mass is 313 g/mol. The van der Waals surface area contributed by atoms with E-state index in [1.165, 1.54) is 25.1 Å². The molecule has 1 aromatic carbocycles. The predicted molar refractivity (Wildman–Crippen MR) is 86.7 cm³/mol. The van der Waals surface area contributed by atoms with Crippen molar-refractivity contribution >= 4 is 6.03 Å². The molecule has 1 N–H and O–H groups in total. The second-order valence-corrected chi connectivity index (χ2v) is 6.61. The van der Waals surface area contributed by atoms with Crippen LogP contribution >= 0.6 is 0 Å². The number of aromatic nitrogens is 1. The number of nitrogens with zero attached hydrogens (tertiary/aromatic N) is 2. The van der Waals surface area contributed by atoms with Crippen molar-refractivity contribution in [3.8, 4) is 11.1 Å². The number of hydrogen-bond donors (Lipinski definition) is 1. The number of hydrogen-bond acceptors (Lipinski definition) is 2. The van der Waals surface area contributed by atoms with Crippen molar-refractivity contribution in [1.29, 1.82) is 0 Å². The van der Waals surface area contributed by atoms with Gasteiger partial charge in [0.05, 0.1) is 0 Å². The van der Waals surface area contributed by atoms with Crippen LogP contribution in [0.3, 0.4) is 0 Å². The molecule has 1 amide bonds. The van der Waals surface area contributed by atoms with Crippen LogP contribution in [0.25, 0.3) is 11.1 Å². The smallest absolute Gasteiger partial charge is 0.325 e. The fraction of sp³-hybridized carbons (Fsp3) is 0.389. The van der Waals surface area contributed by atoms with Gasteiger partial charge in [-0.3, -0.25) is 4.57 Å². The van der Waals surface area contributed by atoms with Crippen molar-refractivity contribution in [3.63, 3.8) is 0 Å². The molecule has 2 aliphatic heterocycles. The summed E-state index contributed by atoms with van der Waals surface area (Å²) in [6.07, 6.45) is 5.80. The number of nitrogens with one attached hydrogen (secondary N) is 1. The van der Waals surface area contributed by atoms with Crippen molar-refractivity contribution in [2.24, 2.45) is 5.92 Å². The standard InChI is InChI=1S/C18H20FN3O/c19-16-3-1-2-14(9-16)15-5-7-22(11-15)18(23)20-17-8-13-4-6-21(10-13)12-17/h1-3,5,7,9,11,13,17H,4,6,8,10,12H2,(H,20,23)/t13-,17-/m1/s1. The van der Waals surface area contributed by atoms with E-state index in [1.54, 1.807) is 23.0 Å². The van der Waals surface area contributed by atoms with Crippen molar-refractivity contribution in [2.45, 2.75) is 18.9 Å². The molecule has 1 aromatic heterocycles. The largest absolute Gasteiger partial charge is 0.333 e. The summed E-state index contributed by atoms with van der Waals surface area (Å²) in [6.45, 7) is 3.28. The average Bonchev–Trinajstić information content (AvgIpc) is 3.14. The Morgan fingerprint density at radius 3 is 2.96 bits per heavy atom. The Kier molecular flexibility index (Phi) is 3.65. The zero-order valence-electron chi connectivity index (χ0n) is 12.9. The maximum absolute atomic E-state index is 13.3. The molecule has 2 aliphatic rings. The summed E-state index contributed by atoms with van der Waals surface area (Å²) < 4.78 is 14.9. The molecule has 1 unspecified atom stereocenters. The van der Waals surface area contributed by atoms with Gasteiger partial charge in [0, 0.05) is 31.5 Å². The predicted octanol–water partition coefficient (Wildman–Crippen LogP) is 2.95. The highest BCUT2D eigenvalue weighted by molar-refractivity contribution is 5.79. The molecule has 0 spiro atoms. The van der Waals surface area contributed by atoms with Gasteiger partial charge < -0.3 is 10.2 Å². The third-order valence-corrected chi connectivity index (χ3v) is 4.88. The molecular weight excluding hydrogens is 293 g/mol. The highest BCUT2D eigenvalue weighted by atomic mass is 19.1. The molecule has 3 heterocycles. The van der Waals surface area contributed by atoms with Crippen LogP contribution in [-0.4, -0.2) is 41.2 Å². The summed E-state index contributed by atoms with van der Waals surface area (Å²) in [5.41, 5.74) is 1.62. The Hall–Kier alpha value is -2.14. The first-order chi connectivity index (χ1) is 11.2. The topological polar surface area (TPSA) is 37.3 Å².